The summed E-state index contributed by atoms with van der Waals surface area (Å²) in [6, 6.07) is 1.72. The molecule has 4 heteroatoms. The number of anilines is 1. The molecule has 0 radical (unpaired) electrons. The van der Waals surface area contributed by atoms with Crippen LogP contribution in [0.5, 0.6) is 0 Å². The Labute approximate surface area is 78.4 Å². The van der Waals surface area contributed by atoms with Crippen LogP contribution in [0.4, 0.5) is 5.82 Å². The third kappa shape index (κ3) is 2.73. The van der Waals surface area contributed by atoms with Gasteiger partial charge in [-0.05, 0) is 11.5 Å². The van der Waals surface area contributed by atoms with Crippen LogP contribution in [0.15, 0.2) is 12.3 Å². The van der Waals surface area contributed by atoms with Gasteiger partial charge in [0.15, 0.2) is 0 Å². The average molecular weight is 183 g/mol. The monoisotopic (exact) mass is 183 g/mol. The van der Waals surface area contributed by atoms with Crippen molar-refractivity contribution in [3.05, 3.63) is 12.3 Å². The SMILES string of the molecule is CC(C)(C)C(O)Cn1ccc(N)n1. The Balaban J connectivity index is 2.60. The molecule has 0 saturated heterocycles. The molecular weight excluding hydrogens is 166 g/mol. The summed E-state index contributed by atoms with van der Waals surface area (Å²) in [6.07, 6.45) is 1.36. The topological polar surface area (TPSA) is 64.1 Å². The summed E-state index contributed by atoms with van der Waals surface area (Å²) >= 11 is 0. The van der Waals surface area contributed by atoms with Gasteiger partial charge in [0, 0.05) is 6.20 Å². The first-order valence-electron chi connectivity index (χ1n) is 4.36. The Morgan fingerprint density at radius 1 is 1.62 bits per heavy atom. The lowest BCUT2D eigenvalue weighted by Crippen LogP contribution is -2.30. The molecule has 0 spiro atoms. The Bertz CT molecular complexity index is 275. The van der Waals surface area contributed by atoms with Gasteiger partial charge in [-0.15, -0.1) is 0 Å². The summed E-state index contributed by atoms with van der Waals surface area (Å²) in [4.78, 5) is 0. The standard InChI is InChI=1S/C9H17N3O/c1-9(2,3)7(13)6-12-5-4-8(10)11-12/h4-5,7,13H,6H2,1-3H3,(H2,10,11). The van der Waals surface area contributed by atoms with E-state index >= 15 is 0 Å². The van der Waals surface area contributed by atoms with Gasteiger partial charge in [0.25, 0.3) is 0 Å². The second-order valence-corrected chi connectivity index (χ2v) is 4.34. The minimum atomic E-state index is -0.410. The quantitative estimate of drug-likeness (QED) is 0.715. The van der Waals surface area contributed by atoms with Gasteiger partial charge in [-0.2, -0.15) is 5.10 Å². The first-order valence-corrected chi connectivity index (χ1v) is 4.36. The number of hydrogen-bond donors (Lipinski definition) is 2. The fraction of sp³-hybridized carbons (Fsp3) is 0.667. The van der Waals surface area contributed by atoms with E-state index in [9.17, 15) is 5.11 Å². The molecule has 0 aromatic carbocycles. The van der Waals surface area contributed by atoms with Crippen LogP contribution in [0.2, 0.25) is 0 Å². The van der Waals surface area contributed by atoms with Crippen molar-refractivity contribution in [2.75, 3.05) is 5.73 Å². The van der Waals surface area contributed by atoms with E-state index in [0.29, 0.717) is 12.4 Å². The van der Waals surface area contributed by atoms with E-state index in [1.807, 2.05) is 20.8 Å². The van der Waals surface area contributed by atoms with Gasteiger partial charge in [-0.1, -0.05) is 20.8 Å². The number of aromatic nitrogens is 2. The fourth-order valence-corrected chi connectivity index (χ4v) is 0.930. The van der Waals surface area contributed by atoms with E-state index in [2.05, 4.69) is 5.10 Å². The van der Waals surface area contributed by atoms with Crippen LogP contribution in [0, 0.1) is 5.41 Å². The van der Waals surface area contributed by atoms with Gasteiger partial charge in [0.1, 0.15) is 5.82 Å². The van der Waals surface area contributed by atoms with E-state index in [1.165, 1.54) is 0 Å². The third-order valence-corrected chi connectivity index (χ3v) is 2.02. The van der Waals surface area contributed by atoms with Gasteiger partial charge in [-0.25, -0.2) is 0 Å². The fourth-order valence-electron chi connectivity index (χ4n) is 0.930. The number of rotatable bonds is 2. The maximum absolute atomic E-state index is 9.75. The summed E-state index contributed by atoms with van der Waals surface area (Å²) in [5, 5.41) is 13.7. The van der Waals surface area contributed by atoms with Gasteiger partial charge in [0.2, 0.25) is 0 Å². The molecule has 3 N–H and O–H groups in total. The molecule has 1 rings (SSSR count). The second-order valence-electron chi connectivity index (χ2n) is 4.34. The lowest BCUT2D eigenvalue weighted by atomic mass is 9.89. The maximum atomic E-state index is 9.75. The van der Waals surface area contributed by atoms with Crippen molar-refractivity contribution in [2.45, 2.75) is 33.4 Å². The van der Waals surface area contributed by atoms with Gasteiger partial charge < -0.3 is 10.8 Å². The third-order valence-electron chi connectivity index (χ3n) is 2.02. The number of aliphatic hydroxyl groups excluding tert-OH is 1. The zero-order valence-corrected chi connectivity index (χ0v) is 8.36. The number of nitrogen functional groups attached to an aromatic ring is 1. The molecule has 0 aliphatic heterocycles. The number of nitrogens with two attached hydrogens (primary N) is 1. The number of aliphatic hydroxyl groups is 1. The number of hydrogen-bond acceptors (Lipinski definition) is 3. The van der Waals surface area contributed by atoms with Crippen molar-refractivity contribution in [3.8, 4) is 0 Å². The van der Waals surface area contributed by atoms with E-state index < -0.39 is 6.10 Å². The van der Waals surface area contributed by atoms with E-state index in [4.69, 9.17) is 5.73 Å². The van der Waals surface area contributed by atoms with Crippen molar-refractivity contribution < 1.29 is 5.11 Å². The normalized spacial score (nSPS) is 14.5. The van der Waals surface area contributed by atoms with Crippen LogP contribution in [0.25, 0.3) is 0 Å². The highest BCUT2D eigenvalue weighted by molar-refractivity contribution is 5.23. The first kappa shape index (κ1) is 10.1. The number of nitrogens with zero attached hydrogens (tertiary/aromatic N) is 2. The minimum absolute atomic E-state index is 0.124. The van der Waals surface area contributed by atoms with Crippen LogP contribution in [0.3, 0.4) is 0 Å². The van der Waals surface area contributed by atoms with Gasteiger partial charge in [0.05, 0.1) is 12.6 Å². The Morgan fingerprint density at radius 3 is 2.62 bits per heavy atom. The summed E-state index contributed by atoms with van der Waals surface area (Å²) in [5.41, 5.74) is 5.33. The largest absolute Gasteiger partial charge is 0.391 e. The highest BCUT2D eigenvalue weighted by Crippen LogP contribution is 2.20. The van der Waals surface area contributed by atoms with Crippen LogP contribution in [-0.2, 0) is 6.54 Å². The second kappa shape index (κ2) is 3.38. The molecule has 0 saturated carbocycles. The average Bonchev–Trinajstić information content (AvgIpc) is 2.33. The van der Waals surface area contributed by atoms with Crippen LogP contribution >= 0.6 is 0 Å². The summed E-state index contributed by atoms with van der Waals surface area (Å²) in [6.45, 7) is 6.46. The summed E-state index contributed by atoms with van der Waals surface area (Å²) in [5.74, 6) is 0.487. The van der Waals surface area contributed by atoms with Crippen LogP contribution in [0.1, 0.15) is 20.8 Å². The molecule has 74 valence electrons. The first-order chi connectivity index (χ1) is 5.89. The van der Waals surface area contributed by atoms with Crippen molar-refractivity contribution in [1.82, 2.24) is 9.78 Å². The zero-order chi connectivity index (χ0) is 10.1. The molecule has 0 aliphatic carbocycles. The molecule has 0 bridgehead atoms. The molecule has 1 atom stereocenters. The summed E-state index contributed by atoms with van der Waals surface area (Å²) < 4.78 is 1.66. The van der Waals surface area contributed by atoms with Crippen molar-refractivity contribution in [2.24, 2.45) is 5.41 Å². The summed E-state index contributed by atoms with van der Waals surface area (Å²) in [7, 11) is 0. The predicted molar refractivity (Wildman–Crippen MR) is 52.1 cm³/mol. The zero-order valence-electron chi connectivity index (χ0n) is 8.36. The molecule has 1 aromatic heterocycles. The molecular formula is C9H17N3O. The Kier molecular flexibility index (Phi) is 2.61. The predicted octanol–water partition coefficient (Wildman–Crippen LogP) is 0.872. The van der Waals surface area contributed by atoms with E-state index in [1.54, 1.807) is 16.9 Å². The smallest absolute Gasteiger partial charge is 0.145 e. The maximum Gasteiger partial charge on any atom is 0.145 e. The molecule has 0 amide bonds. The molecule has 13 heavy (non-hydrogen) atoms. The van der Waals surface area contributed by atoms with Crippen molar-refractivity contribution in [3.63, 3.8) is 0 Å². The lowest BCUT2D eigenvalue weighted by molar-refractivity contribution is 0.0451. The highest BCUT2D eigenvalue weighted by atomic mass is 16.3. The minimum Gasteiger partial charge on any atom is -0.391 e. The lowest BCUT2D eigenvalue weighted by Gasteiger charge is -2.25. The van der Waals surface area contributed by atoms with Crippen LogP contribution in [-0.4, -0.2) is 21.0 Å². The molecule has 4 nitrogen and oxygen atoms in total. The Hall–Kier alpha value is -1.03. The Morgan fingerprint density at radius 2 is 2.23 bits per heavy atom. The highest BCUT2D eigenvalue weighted by Gasteiger charge is 2.22. The van der Waals surface area contributed by atoms with Crippen molar-refractivity contribution >= 4 is 5.82 Å². The molecule has 1 heterocycles. The van der Waals surface area contributed by atoms with Gasteiger partial charge >= 0.3 is 0 Å². The molecule has 1 unspecified atom stereocenters. The van der Waals surface area contributed by atoms with E-state index in [-0.39, 0.29) is 5.41 Å². The molecule has 0 fully saturated rings. The molecule has 0 aliphatic rings. The van der Waals surface area contributed by atoms with Crippen LogP contribution < -0.4 is 5.73 Å². The van der Waals surface area contributed by atoms with E-state index in [0.717, 1.165) is 0 Å². The van der Waals surface area contributed by atoms with Gasteiger partial charge in [-0.3, -0.25) is 4.68 Å². The van der Waals surface area contributed by atoms with Crippen molar-refractivity contribution in [1.29, 1.82) is 0 Å². The molecule has 1 aromatic rings.